The molecule has 0 bridgehead atoms. The summed E-state index contributed by atoms with van der Waals surface area (Å²) in [5, 5.41) is -0.367. The Hall–Kier alpha value is -0.780. The Morgan fingerprint density at radius 1 is 1.41 bits per heavy atom. The molecular formula is C11H14ClNO3S. The van der Waals surface area contributed by atoms with Crippen molar-refractivity contribution in [2.24, 2.45) is 0 Å². The van der Waals surface area contributed by atoms with Gasteiger partial charge in [0.2, 0.25) is 0 Å². The number of halogens is 1. The van der Waals surface area contributed by atoms with Crippen LogP contribution in [-0.2, 0) is 14.6 Å². The Morgan fingerprint density at radius 3 is 2.76 bits per heavy atom. The van der Waals surface area contributed by atoms with Crippen LogP contribution in [0.4, 0.5) is 5.69 Å². The molecular weight excluding hydrogens is 262 g/mol. The third kappa shape index (κ3) is 2.41. The number of nitrogen functional groups attached to an aromatic ring is 1. The monoisotopic (exact) mass is 275 g/mol. The predicted octanol–water partition coefficient (Wildman–Crippen LogP) is 1.87. The molecule has 1 saturated heterocycles. The summed E-state index contributed by atoms with van der Waals surface area (Å²) in [5.41, 5.74) is 5.91. The fraction of sp³-hybridized carbons (Fsp3) is 0.455. The first-order valence-electron chi connectivity index (χ1n) is 5.39. The molecule has 1 fully saturated rings. The van der Waals surface area contributed by atoms with Crippen molar-refractivity contribution in [1.29, 1.82) is 0 Å². The summed E-state index contributed by atoms with van der Waals surface area (Å²) >= 11 is 5.93. The van der Waals surface area contributed by atoms with Gasteiger partial charge in [0.25, 0.3) is 0 Å². The van der Waals surface area contributed by atoms with Gasteiger partial charge in [0.1, 0.15) is 4.90 Å². The fourth-order valence-corrected chi connectivity index (χ4v) is 4.27. The van der Waals surface area contributed by atoms with Crippen molar-refractivity contribution >= 4 is 27.1 Å². The quantitative estimate of drug-likeness (QED) is 0.837. The lowest BCUT2D eigenvalue weighted by atomic mass is 10.2. The normalized spacial score (nSPS) is 21.4. The molecule has 1 heterocycles. The van der Waals surface area contributed by atoms with Crippen LogP contribution < -0.4 is 5.73 Å². The summed E-state index contributed by atoms with van der Waals surface area (Å²) in [5.74, 6) is 0. The molecule has 1 aromatic rings. The summed E-state index contributed by atoms with van der Waals surface area (Å²) in [6, 6.07) is 4.71. The number of nitrogens with two attached hydrogens (primary N) is 1. The van der Waals surface area contributed by atoms with Crippen LogP contribution in [0.25, 0.3) is 0 Å². The van der Waals surface area contributed by atoms with E-state index in [1.807, 2.05) is 0 Å². The summed E-state index contributed by atoms with van der Waals surface area (Å²) in [7, 11) is -3.51. The van der Waals surface area contributed by atoms with Gasteiger partial charge < -0.3 is 10.5 Å². The van der Waals surface area contributed by atoms with E-state index in [1.165, 1.54) is 6.07 Å². The Kier molecular flexibility index (Phi) is 3.61. The molecule has 4 nitrogen and oxygen atoms in total. The fourth-order valence-electron chi connectivity index (χ4n) is 1.95. The Morgan fingerprint density at radius 2 is 2.18 bits per heavy atom. The number of sulfone groups is 1. The number of hydrogen-bond donors (Lipinski definition) is 1. The first kappa shape index (κ1) is 12.7. The maximum atomic E-state index is 12.4. The molecule has 17 heavy (non-hydrogen) atoms. The molecule has 0 saturated carbocycles. The SMILES string of the molecule is Nc1cccc(Cl)c1S(=O)(=O)C1CCCOC1. The number of anilines is 1. The van der Waals surface area contributed by atoms with Crippen LogP contribution in [-0.4, -0.2) is 26.9 Å². The van der Waals surface area contributed by atoms with E-state index in [1.54, 1.807) is 12.1 Å². The molecule has 2 rings (SSSR count). The highest BCUT2D eigenvalue weighted by molar-refractivity contribution is 7.92. The first-order chi connectivity index (χ1) is 8.03. The topological polar surface area (TPSA) is 69.4 Å². The third-order valence-corrected chi connectivity index (χ3v) is 5.54. The number of hydrogen-bond acceptors (Lipinski definition) is 4. The van der Waals surface area contributed by atoms with Gasteiger partial charge in [-0.3, -0.25) is 0 Å². The van der Waals surface area contributed by atoms with E-state index in [0.29, 0.717) is 13.0 Å². The second kappa shape index (κ2) is 4.84. The molecule has 6 heteroatoms. The summed E-state index contributed by atoms with van der Waals surface area (Å²) in [6.07, 6.45) is 1.33. The van der Waals surface area contributed by atoms with Gasteiger partial charge in [-0.1, -0.05) is 17.7 Å². The average Bonchev–Trinajstić information content (AvgIpc) is 2.29. The van der Waals surface area contributed by atoms with Gasteiger partial charge in [0, 0.05) is 6.61 Å². The molecule has 94 valence electrons. The van der Waals surface area contributed by atoms with E-state index in [0.717, 1.165) is 6.42 Å². The van der Waals surface area contributed by atoms with E-state index in [-0.39, 0.29) is 22.2 Å². The smallest absolute Gasteiger partial charge is 0.187 e. The van der Waals surface area contributed by atoms with E-state index in [4.69, 9.17) is 22.1 Å². The zero-order chi connectivity index (χ0) is 12.5. The van der Waals surface area contributed by atoms with Gasteiger partial charge in [-0.25, -0.2) is 8.42 Å². The average molecular weight is 276 g/mol. The summed E-state index contributed by atoms with van der Waals surface area (Å²) in [6.45, 7) is 0.830. The zero-order valence-electron chi connectivity index (χ0n) is 9.23. The lowest BCUT2D eigenvalue weighted by Gasteiger charge is -2.23. The van der Waals surface area contributed by atoms with Gasteiger partial charge in [-0.15, -0.1) is 0 Å². The van der Waals surface area contributed by atoms with E-state index >= 15 is 0 Å². The molecule has 1 aliphatic heterocycles. The zero-order valence-corrected chi connectivity index (χ0v) is 10.8. The van der Waals surface area contributed by atoms with Crippen LogP contribution >= 0.6 is 11.6 Å². The highest BCUT2D eigenvalue weighted by atomic mass is 35.5. The Labute approximate surface area is 106 Å². The standard InChI is InChI=1S/C11H14ClNO3S/c12-9-4-1-5-10(13)11(9)17(14,15)8-3-2-6-16-7-8/h1,4-5,8H,2-3,6-7,13H2. The van der Waals surface area contributed by atoms with Crippen molar-refractivity contribution in [3.8, 4) is 0 Å². The van der Waals surface area contributed by atoms with E-state index in [2.05, 4.69) is 0 Å². The van der Waals surface area contributed by atoms with Crippen LogP contribution in [0, 0.1) is 0 Å². The van der Waals surface area contributed by atoms with Crippen LogP contribution in [0.2, 0.25) is 5.02 Å². The molecule has 2 N–H and O–H groups in total. The molecule has 1 unspecified atom stereocenters. The van der Waals surface area contributed by atoms with Gasteiger partial charge in [0.05, 0.1) is 22.6 Å². The Balaban J connectivity index is 2.44. The van der Waals surface area contributed by atoms with Crippen molar-refractivity contribution < 1.29 is 13.2 Å². The third-order valence-electron chi connectivity index (χ3n) is 2.84. The predicted molar refractivity (Wildman–Crippen MR) is 66.9 cm³/mol. The van der Waals surface area contributed by atoms with Crippen molar-refractivity contribution in [3.05, 3.63) is 23.2 Å². The lowest BCUT2D eigenvalue weighted by molar-refractivity contribution is 0.0991. The minimum Gasteiger partial charge on any atom is -0.398 e. The number of benzene rings is 1. The summed E-state index contributed by atoms with van der Waals surface area (Å²) in [4.78, 5) is 0.0390. The molecule has 1 atom stereocenters. The van der Waals surface area contributed by atoms with Crippen molar-refractivity contribution in [2.45, 2.75) is 23.0 Å². The first-order valence-corrected chi connectivity index (χ1v) is 7.31. The van der Waals surface area contributed by atoms with Gasteiger partial charge in [0.15, 0.2) is 9.84 Å². The molecule has 0 radical (unpaired) electrons. The van der Waals surface area contributed by atoms with Crippen LogP contribution in [0.1, 0.15) is 12.8 Å². The van der Waals surface area contributed by atoms with Gasteiger partial charge in [-0.2, -0.15) is 0 Å². The second-order valence-corrected chi connectivity index (χ2v) is 6.61. The van der Waals surface area contributed by atoms with Crippen molar-refractivity contribution in [3.63, 3.8) is 0 Å². The maximum Gasteiger partial charge on any atom is 0.187 e. The maximum absolute atomic E-state index is 12.4. The van der Waals surface area contributed by atoms with Crippen molar-refractivity contribution in [1.82, 2.24) is 0 Å². The summed E-state index contributed by atoms with van der Waals surface area (Å²) < 4.78 is 30.0. The second-order valence-electron chi connectivity index (χ2n) is 4.04. The van der Waals surface area contributed by atoms with E-state index in [9.17, 15) is 8.42 Å². The highest BCUT2D eigenvalue weighted by Gasteiger charge is 2.32. The van der Waals surface area contributed by atoms with Gasteiger partial charge in [-0.05, 0) is 25.0 Å². The lowest BCUT2D eigenvalue weighted by Crippen LogP contribution is -2.31. The molecule has 0 aromatic heterocycles. The van der Waals surface area contributed by atoms with Crippen LogP contribution in [0.3, 0.4) is 0 Å². The van der Waals surface area contributed by atoms with Gasteiger partial charge >= 0.3 is 0 Å². The minimum atomic E-state index is -3.51. The van der Waals surface area contributed by atoms with Crippen molar-refractivity contribution in [2.75, 3.05) is 18.9 Å². The number of ether oxygens (including phenoxy) is 1. The molecule has 1 aliphatic rings. The number of rotatable bonds is 2. The highest BCUT2D eigenvalue weighted by Crippen LogP contribution is 2.32. The minimum absolute atomic E-state index is 0.0390. The van der Waals surface area contributed by atoms with Crippen LogP contribution in [0.5, 0.6) is 0 Å². The largest absolute Gasteiger partial charge is 0.398 e. The molecule has 1 aromatic carbocycles. The van der Waals surface area contributed by atoms with E-state index < -0.39 is 15.1 Å². The Bertz CT molecular complexity index is 489. The molecule has 0 aliphatic carbocycles. The van der Waals surface area contributed by atoms with Crippen LogP contribution in [0.15, 0.2) is 23.1 Å². The molecule has 0 spiro atoms. The molecule has 0 amide bonds.